The molecule has 0 radical (unpaired) electrons. The minimum absolute atomic E-state index is 0.193. The molecule has 0 bridgehead atoms. The van der Waals surface area contributed by atoms with E-state index in [0.717, 1.165) is 11.1 Å². The van der Waals surface area contributed by atoms with Gasteiger partial charge in [-0.3, -0.25) is 0 Å². The van der Waals surface area contributed by atoms with E-state index in [1.54, 1.807) is 6.08 Å². The van der Waals surface area contributed by atoms with Crippen LogP contribution in [0.25, 0.3) is 0 Å². The van der Waals surface area contributed by atoms with Gasteiger partial charge in [0, 0.05) is 12.0 Å². The predicted molar refractivity (Wildman–Crippen MR) is 88.4 cm³/mol. The first-order valence-electron chi connectivity index (χ1n) is 7.38. The van der Waals surface area contributed by atoms with Gasteiger partial charge in [0.25, 0.3) is 0 Å². The highest BCUT2D eigenvalue weighted by atomic mass is 16.5. The van der Waals surface area contributed by atoms with Crippen LogP contribution in [0, 0.1) is 0 Å². The van der Waals surface area contributed by atoms with Gasteiger partial charge in [-0.2, -0.15) is 0 Å². The summed E-state index contributed by atoms with van der Waals surface area (Å²) in [4.78, 5) is 16.5. The molecule has 116 valence electrons. The van der Waals surface area contributed by atoms with Crippen LogP contribution in [-0.2, 0) is 9.53 Å². The molecule has 0 saturated heterocycles. The van der Waals surface area contributed by atoms with E-state index in [1.165, 1.54) is 0 Å². The highest BCUT2D eigenvalue weighted by Gasteiger charge is 2.52. The Labute approximate surface area is 134 Å². The average molecular weight is 307 g/mol. The normalized spacial score (nSPS) is 23.0. The van der Waals surface area contributed by atoms with Crippen molar-refractivity contribution >= 4 is 11.9 Å². The van der Waals surface area contributed by atoms with E-state index in [0.29, 0.717) is 5.90 Å². The molecule has 3 rings (SSSR count). The molecule has 1 heterocycles. The van der Waals surface area contributed by atoms with Crippen molar-refractivity contribution < 1.29 is 14.6 Å². The summed E-state index contributed by atoms with van der Waals surface area (Å²) in [6.07, 6.45) is 1.08. The fourth-order valence-corrected chi connectivity index (χ4v) is 2.78. The standard InChI is InChI=1S/C19H17NO3/c1-2-13-19(18(21)22)16(14-9-5-3-6-10-14)23-17(20-19)15-11-7-4-8-12-15/h2-12,16H,1,13H2,(H,21,22)/t16-,19+/m1/s1. The Kier molecular flexibility index (Phi) is 3.98. The van der Waals surface area contributed by atoms with Gasteiger partial charge in [0.05, 0.1) is 0 Å². The minimum atomic E-state index is -1.39. The number of benzene rings is 2. The molecule has 1 aliphatic rings. The van der Waals surface area contributed by atoms with Gasteiger partial charge in [0.1, 0.15) is 0 Å². The highest BCUT2D eigenvalue weighted by molar-refractivity contribution is 5.99. The fraction of sp³-hybridized carbons (Fsp3) is 0.158. The number of hydrogen-bond acceptors (Lipinski definition) is 3. The number of nitrogens with zero attached hydrogens (tertiary/aromatic N) is 1. The molecule has 0 amide bonds. The first-order valence-corrected chi connectivity index (χ1v) is 7.38. The van der Waals surface area contributed by atoms with E-state index in [2.05, 4.69) is 11.6 Å². The van der Waals surface area contributed by atoms with E-state index in [4.69, 9.17) is 4.74 Å². The Hall–Kier alpha value is -2.88. The van der Waals surface area contributed by atoms with E-state index in [9.17, 15) is 9.90 Å². The molecule has 4 heteroatoms. The van der Waals surface area contributed by atoms with Gasteiger partial charge in [0.15, 0.2) is 6.10 Å². The molecule has 2 aromatic rings. The predicted octanol–water partition coefficient (Wildman–Crippen LogP) is 3.60. The molecule has 4 nitrogen and oxygen atoms in total. The number of aliphatic carboxylic acids is 1. The second-order valence-corrected chi connectivity index (χ2v) is 5.41. The lowest BCUT2D eigenvalue weighted by Crippen LogP contribution is -2.40. The van der Waals surface area contributed by atoms with E-state index in [-0.39, 0.29) is 6.42 Å². The van der Waals surface area contributed by atoms with Crippen molar-refractivity contribution in [1.29, 1.82) is 0 Å². The topological polar surface area (TPSA) is 58.9 Å². The van der Waals surface area contributed by atoms with E-state index < -0.39 is 17.6 Å². The number of carboxylic acid groups (broad SMARTS) is 1. The highest BCUT2D eigenvalue weighted by Crippen LogP contribution is 2.42. The Balaban J connectivity index is 2.10. The zero-order chi connectivity index (χ0) is 16.3. The number of carboxylic acids is 1. The maximum absolute atomic E-state index is 12.0. The van der Waals surface area contributed by atoms with Crippen LogP contribution in [0.4, 0.5) is 0 Å². The summed E-state index contributed by atoms with van der Waals surface area (Å²) < 4.78 is 5.98. The number of hydrogen-bond donors (Lipinski definition) is 1. The summed E-state index contributed by atoms with van der Waals surface area (Å²) >= 11 is 0. The summed E-state index contributed by atoms with van der Waals surface area (Å²) in [6, 6.07) is 18.7. The van der Waals surface area contributed by atoms with Crippen LogP contribution in [0.1, 0.15) is 23.7 Å². The smallest absolute Gasteiger partial charge is 0.336 e. The molecular formula is C19H17NO3. The van der Waals surface area contributed by atoms with E-state index in [1.807, 2.05) is 60.7 Å². The monoisotopic (exact) mass is 307 g/mol. The van der Waals surface area contributed by atoms with E-state index >= 15 is 0 Å². The van der Waals surface area contributed by atoms with Gasteiger partial charge in [-0.05, 0) is 17.7 Å². The van der Waals surface area contributed by atoms with Gasteiger partial charge >= 0.3 is 5.97 Å². The Morgan fingerprint density at radius 1 is 1.17 bits per heavy atom. The second kappa shape index (κ2) is 6.08. The lowest BCUT2D eigenvalue weighted by molar-refractivity contribution is -0.146. The zero-order valence-electron chi connectivity index (χ0n) is 12.6. The van der Waals surface area contributed by atoms with Gasteiger partial charge in [-0.15, -0.1) is 6.58 Å². The Morgan fingerprint density at radius 2 is 1.78 bits per heavy atom. The summed E-state index contributed by atoms with van der Waals surface area (Å²) in [7, 11) is 0. The Bertz CT molecular complexity index is 740. The molecular weight excluding hydrogens is 290 g/mol. The van der Waals surface area contributed by atoms with Crippen molar-refractivity contribution in [3.05, 3.63) is 84.4 Å². The quantitative estimate of drug-likeness (QED) is 0.859. The molecule has 0 fully saturated rings. The van der Waals surface area contributed by atoms with Crippen molar-refractivity contribution in [2.24, 2.45) is 4.99 Å². The average Bonchev–Trinajstić information content (AvgIpc) is 2.98. The molecule has 0 aliphatic carbocycles. The molecule has 1 N–H and O–H groups in total. The van der Waals surface area contributed by atoms with Crippen LogP contribution in [0.5, 0.6) is 0 Å². The minimum Gasteiger partial charge on any atom is -0.479 e. The third-order valence-electron chi connectivity index (χ3n) is 3.91. The number of ether oxygens (including phenoxy) is 1. The van der Waals surface area contributed by atoms with Crippen LogP contribution in [0.3, 0.4) is 0 Å². The first-order chi connectivity index (χ1) is 11.2. The molecule has 0 spiro atoms. The summed E-state index contributed by atoms with van der Waals surface area (Å²) in [5.74, 6) is -0.666. The van der Waals surface area contributed by atoms with Crippen LogP contribution >= 0.6 is 0 Å². The lowest BCUT2D eigenvalue weighted by Gasteiger charge is -2.26. The van der Waals surface area contributed by atoms with Crippen molar-refractivity contribution in [1.82, 2.24) is 0 Å². The molecule has 0 saturated carbocycles. The molecule has 0 unspecified atom stereocenters. The second-order valence-electron chi connectivity index (χ2n) is 5.41. The van der Waals surface area contributed by atoms with Crippen LogP contribution in [0.15, 0.2) is 78.3 Å². The number of carbonyl (C=O) groups is 1. The third-order valence-corrected chi connectivity index (χ3v) is 3.91. The maximum atomic E-state index is 12.0. The molecule has 1 aliphatic heterocycles. The van der Waals surface area contributed by atoms with Crippen molar-refractivity contribution in [2.45, 2.75) is 18.1 Å². The molecule has 0 aromatic heterocycles. The van der Waals surface area contributed by atoms with Gasteiger partial charge in [-0.1, -0.05) is 54.6 Å². The van der Waals surface area contributed by atoms with Crippen LogP contribution in [-0.4, -0.2) is 22.5 Å². The summed E-state index contributed by atoms with van der Waals surface area (Å²) in [5, 5.41) is 9.86. The third kappa shape index (κ3) is 2.63. The first kappa shape index (κ1) is 15.0. The van der Waals surface area contributed by atoms with Gasteiger partial charge < -0.3 is 9.84 Å². The maximum Gasteiger partial charge on any atom is 0.336 e. The van der Waals surface area contributed by atoms with Crippen molar-refractivity contribution in [3.63, 3.8) is 0 Å². The Morgan fingerprint density at radius 3 is 2.35 bits per heavy atom. The largest absolute Gasteiger partial charge is 0.479 e. The fourth-order valence-electron chi connectivity index (χ4n) is 2.78. The summed E-state index contributed by atoms with van der Waals surface area (Å²) in [6.45, 7) is 3.69. The zero-order valence-corrected chi connectivity index (χ0v) is 12.6. The molecule has 2 aromatic carbocycles. The van der Waals surface area contributed by atoms with Gasteiger partial charge in [0.2, 0.25) is 11.4 Å². The molecule has 2 atom stereocenters. The summed E-state index contributed by atoms with van der Waals surface area (Å²) in [5.41, 5.74) is 0.154. The van der Waals surface area contributed by atoms with Crippen molar-refractivity contribution in [3.8, 4) is 0 Å². The number of aliphatic imine (C=N–C) groups is 1. The SMILES string of the molecule is C=CC[C@]1(C(=O)O)N=C(c2ccccc2)O[C@@H]1c1ccccc1. The number of rotatable bonds is 5. The van der Waals surface area contributed by atoms with Crippen molar-refractivity contribution in [2.75, 3.05) is 0 Å². The lowest BCUT2D eigenvalue weighted by atomic mass is 9.85. The molecule has 23 heavy (non-hydrogen) atoms. The van der Waals surface area contributed by atoms with Gasteiger partial charge in [-0.25, -0.2) is 9.79 Å². The van der Waals surface area contributed by atoms with Crippen LogP contribution in [0.2, 0.25) is 0 Å². The van der Waals surface area contributed by atoms with Crippen LogP contribution < -0.4 is 0 Å².